The molecule has 0 radical (unpaired) electrons. The van der Waals surface area contributed by atoms with Gasteiger partial charge in [0.2, 0.25) is 10.6 Å². The molecule has 1 saturated heterocycles. The van der Waals surface area contributed by atoms with Crippen LogP contribution in [0, 0.1) is 0 Å². The number of halogens is 3. The molecule has 6 aromatic rings. The molecule has 1 aliphatic heterocycles. The SMILES string of the molecule is COc1cccc(CNC(=O)c2ccc(-c3ccnc(Cl)n3)s2)c1.COc1cccc(CNC(=O)c2ccc(B3OC(C)(C)C(C)(C)O3)s2)c1.Clc1ccnc(Cl)n1. The molecule has 18 heteroatoms. The Hall–Kier alpha value is -4.61. The number of ether oxygens (including phenoxy) is 2. The number of hydrogen-bond donors (Lipinski definition) is 2. The van der Waals surface area contributed by atoms with Crippen LogP contribution in [0.15, 0.2) is 97.3 Å². The lowest BCUT2D eigenvalue weighted by Crippen LogP contribution is -2.41. The number of aromatic nitrogens is 4. The Morgan fingerprint density at radius 3 is 1.71 bits per heavy atom. The van der Waals surface area contributed by atoms with Crippen LogP contribution in [0.5, 0.6) is 11.5 Å². The lowest BCUT2D eigenvalue weighted by molar-refractivity contribution is 0.00578. The maximum Gasteiger partial charge on any atom is 0.505 e. The first-order chi connectivity index (χ1) is 27.7. The summed E-state index contributed by atoms with van der Waals surface area (Å²) in [6.45, 7) is 8.94. The molecule has 12 nitrogen and oxygen atoms in total. The molecule has 7 rings (SSSR count). The van der Waals surface area contributed by atoms with Gasteiger partial charge in [0, 0.05) is 30.3 Å². The Bertz CT molecular complexity index is 2290. The number of nitrogens with zero attached hydrogens (tertiary/aromatic N) is 4. The molecule has 0 unspecified atom stereocenters. The molecular formula is C40H40BCl3N6O6S2. The topological polar surface area (TPSA) is 147 Å². The van der Waals surface area contributed by atoms with Gasteiger partial charge in [0.25, 0.3) is 11.8 Å². The van der Waals surface area contributed by atoms with E-state index in [4.69, 9.17) is 53.6 Å². The molecule has 302 valence electrons. The third-order valence-corrected chi connectivity index (χ3v) is 11.6. The first kappa shape index (κ1) is 44.5. The fourth-order valence-corrected chi connectivity index (χ4v) is 7.30. The Labute approximate surface area is 360 Å². The van der Waals surface area contributed by atoms with E-state index in [1.807, 2.05) is 94.4 Å². The Balaban J connectivity index is 0.000000186. The number of amides is 2. The van der Waals surface area contributed by atoms with Crippen molar-refractivity contribution in [2.24, 2.45) is 0 Å². The minimum atomic E-state index is -0.440. The second kappa shape index (κ2) is 20.4. The molecule has 4 aromatic heterocycles. The fraction of sp³-hybridized carbons (Fsp3) is 0.250. The van der Waals surface area contributed by atoms with Crippen molar-refractivity contribution in [3.05, 3.63) is 134 Å². The van der Waals surface area contributed by atoms with Gasteiger partial charge < -0.3 is 29.4 Å². The monoisotopic (exact) mass is 880 g/mol. The lowest BCUT2D eigenvalue weighted by Gasteiger charge is -2.32. The first-order valence-electron chi connectivity index (χ1n) is 17.7. The summed E-state index contributed by atoms with van der Waals surface area (Å²) in [5.41, 5.74) is 1.88. The molecule has 0 aliphatic carbocycles. The average molecular weight is 882 g/mol. The van der Waals surface area contributed by atoms with Gasteiger partial charge in [0.15, 0.2) is 0 Å². The minimum Gasteiger partial charge on any atom is -0.497 e. The van der Waals surface area contributed by atoms with E-state index in [0.29, 0.717) is 33.7 Å². The number of thiophene rings is 2. The van der Waals surface area contributed by atoms with Crippen molar-refractivity contribution in [1.82, 2.24) is 30.6 Å². The van der Waals surface area contributed by atoms with Crippen LogP contribution >= 0.6 is 57.5 Å². The number of hydrogen-bond acceptors (Lipinski definition) is 12. The maximum absolute atomic E-state index is 12.4. The van der Waals surface area contributed by atoms with Gasteiger partial charge >= 0.3 is 7.12 Å². The van der Waals surface area contributed by atoms with E-state index in [-0.39, 0.29) is 22.4 Å². The highest BCUT2D eigenvalue weighted by molar-refractivity contribution is 7.23. The van der Waals surface area contributed by atoms with Crippen molar-refractivity contribution in [3.8, 4) is 22.1 Å². The van der Waals surface area contributed by atoms with Crippen molar-refractivity contribution < 1.29 is 28.4 Å². The predicted octanol–water partition coefficient (Wildman–Crippen LogP) is 8.57. The molecule has 58 heavy (non-hydrogen) atoms. The highest BCUT2D eigenvalue weighted by atomic mass is 35.5. The molecule has 2 amide bonds. The number of rotatable bonds is 10. The number of nitrogens with one attached hydrogen (secondary N) is 2. The van der Waals surface area contributed by atoms with Crippen molar-refractivity contribution in [1.29, 1.82) is 0 Å². The standard InChI is InChI=1S/C19H24BNO4S.C17H14ClN3O2S.C4H2Cl2N2/c1-18(2)19(3,4)25-20(24-18)16-10-9-15(26-16)17(22)21-12-13-7-6-8-14(11-13)23-5;1-23-12-4-2-3-11(9-12)10-20-16(22)15-6-5-14(24-15)13-7-8-19-17(18)21-13;5-3-1-2-7-4(6)8-3/h6-11H,12H2,1-5H3,(H,21,22);2-9H,10H2,1H3,(H,20,22);1-2H. The summed E-state index contributed by atoms with van der Waals surface area (Å²) in [6, 6.07) is 25.9. The smallest absolute Gasteiger partial charge is 0.497 e. The summed E-state index contributed by atoms with van der Waals surface area (Å²) >= 11 is 19.3. The molecule has 5 heterocycles. The summed E-state index contributed by atoms with van der Waals surface area (Å²) in [5.74, 6) is 1.30. The maximum atomic E-state index is 12.4. The summed E-state index contributed by atoms with van der Waals surface area (Å²) in [6.07, 6.45) is 3.09. The average Bonchev–Trinajstić information content (AvgIpc) is 3.95. The number of carbonyl (C=O) groups is 2. The molecule has 1 aliphatic rings. The van der Waals surface area contributed by atoms with Crippen molar-refractivity contribution in [2.45, 2.75) is 52.0 Å². The van der Waals surface area contributed by atoms with Gasteiger partial charge in [-0.25, -0.2) is 19.9 Å². The van der Waals surface area contributed by atoms with Crippen LogP contribution in [0.25, 0.3) is 10.6 Å². The summed E-state index contributed by atoms with van der Waals surface area (Å²) in [7, 11) is 2.80. The second-order valence-electron chi connectivity index (χ2n) is 13.4. The normalized spacial score (nSPS) is 13.6. The van der Waals surface area contributed by atoms with E-state index in [1.54, 1.807) is 38.6 Å². The quantitative estimate of drug-likeness (QED) is 0.0780. The van der Waals surface area contributed by atoms with E-state index in [1.165, 1.54) is 28.9 Å². The van der Waals surface area contributed by atoms with Crippen molar-refractivity contribution in [2.75, 3.05) is 14.2 Å². The van der Waals surface area contributed by atoms with E-state index >= 15 is 0 Å². The highest BCUT2D eigenvalue weighted by Gasteiger charge is 2.52. The van der Waals surface area contributed by atoms with Gasteiger partial charge in [-0.15, -0.1) is 22.7 Å². The molecule has 1 fully saturated rings. The van der Waals surface area contributed by atoms with E-state index in [9.17, 15) is 9.59 Å². The lowest BCUT2D eigenvalue weighted by atomic mass is 9.88. The molecule has 2 aromatic carbocycles. The van der Waals surface area contributed by atoms with E-state index in [0.717, 1.165) is 32.3 Å². The van der Waals surface area contributed by atoms with E-state index < -0.39 is 18.3 Å². The highest BCUT2D eigenvalue weighted by Crippen LogP contribution is 2.37. The zero-order valence-corrected chi connectivity index (χ0v) is 36.3. The Morgan fingerprint density at radius 1 is 0.690 bits per heavy atom. The van der Waals surface area contributed by atoms with Gasteiger partial charge in [0.1, 0.15) is 16.7 Å². The van der Waals surface area contributed by atoms with Crippen LogP contribution in [0.1, 0.15) is 58.2 Å². The number of carbonyl (C=O) groups excluding carboxylic acids is 2. The Morgan fingerprint density at radius 2 is 1.21 bits per heavy atom. The second-order valence-corrected chi connectivity index (χ2v) is 16.6. The molecular weight excluding hydrogens is 842 g/mol. The van der Waals surface area contributed by atoms with Gasteiger partial charge in [-0.3, -0.25) is 9.59 Å². The zero-order chi connectivity index (χ0) is 41.9. The van der Waals surface area contributed by atoms with Gasteiger partial charge in [-0.2, -0.15) is 0 Å². The van der Waals surface area contributed by atoms with Crippen molar-refractivity contribution >= 4 is 81.2 Å². The third-order valence-electron chi connectivity index (χ3n) is 8.81. The number of benzene rings is 2. The van der Waals surface area contributed by atoms with E-state index in [2.05, 4.69) is 30.6 Å². The predicted molar refractivity (Wildman–Crippen MR) is 231 cm³/mol. The van der Waals surface area contributed by atoms with Crippen molar-refractivity contribution in [3.63, 3.8) is 0 Å². The largest absolute Gasteiger partial charge is 0.505 e. The van der Waals surface area contributed by atoms with Crippen LogP contribution in [0.2, 0.25) is 15.7 Å². The molecule has 0 saturated carbocycles. The Kier molecular flexibility index (Phi) is 15.6. The molecule has 2 N–H and O–H groups in total. The third kappa shape index (κ3) is 12.4. The first-order valence-corrected chi connectivity index (χ1v) is 20.4. The molecule has 0 bridgehead atoms. The molecule has 0 spiro atoms. The summed E-state index contributed by atoms with van der Waals surface area (Å²) in [4.78, 5) is 42.1. The van der Waals surface area contributed by atoms with Crippen LogP contribution < -0.4 is 24.9 Å². The number of methoxy groups -OCH3 is 2. The summed E-state index contributed by atoms with van der Waals surface area (Å²) < 4.78 is 23.4. The summed E-state index contributed by atoms with van der Waals surface area (Å²) in [5, 5.41) is 6.57. The van der Waals surface area contributed by atoms with Gasteiger partial charge in [-0.05, 0) is 117 Å². The minimum absolute atomic E-state index is 0.111. The van der Waals surface area contributed by atoms with Crippen LogP contribution in [0.3, 0.4) is 0 Å². The fourth-order valence-electron chi connectivity index (χ4n) is 5.05. The van der Waals surface area contributed by atoms with Crippen LogP contribution in [0.4, 0.5) is 0 Å². The zero-order valence-electron chi connectivity index (χ0n) is 32.4. The molecule has 0 atom stereocenters. The van der Waals surface area contributed by atoms with Crippen LogP contribution in [-0.4, -0.2) is 64.3 Å². The van der Waals surface area contributed by atoms with Crippen LogP contribution in [-0.2, 0) is 22.4 Å². The van der Waals surface area contributed by atoms with Gasteiger partial charge in [0.05, 0.1) is 45.7 Å². The van der Waals surface area contributed by atoms with Gasteiger partial charge in [-0.1, -0.05) is 41.9 Å².